The fourth-order valence-corrected chi connectivity index (χ4v) is 2.11. The van der Waals surface area contributed by atoms with Crippen molar-refractivity contribution < 1.29 is 9.13 Å². The SMILES string of the molecule is NNC(c1ncccc1F)C1CCOCC1. The summed E-state index contributed by atoms with van der Waals surface area (Å²) >= 11 is 0. The number of halogens is 1. The van der Waals surface area contributed by atoms with Crippen LogP contribution in [-0.2, 0) is 4.74 Å². The van der Waals surface area contributed by atoms with Crippen LogP contribution in [0, 0.1) is 11.7 Å². The van der Waals surface area contributed by atoms with Gasteiger partial charge in [0.25, 0.3) is 0 Å². The number of pyridine rings is 1. The van der Waals surface area contributed by atoms with E-state index in [-0.39, 0.29) is 17.8 Å². The number of nitrogens with one attached hydrogen (secondary N) is 1. The Hall–Kier alpha value is -1.04. The standard InChI is InChI=1S/C11H16FN3O/c12-9-2-1-5-14-11(9)10(15-13)8-3-6-16-7-4-8/h1-2,5,8,10,15H,3-4,6-7,13H2. The molecule has 2 heterocycles. The lowest BCUT2D eigenvalue weighted by Gasteiger charge is -2.29. The van der Waals surface area contributed by atoms with Gasteiger partial charge in [0.2, 0.25) is 0 Å². The highest BCUT2D eigenvalue weighted by molar-refractivity contribution is 5.12. The third kappa shape index (κ3) is 2.37. The van der Waals surface area contributed by atoms with Gasteiger partial charge in [-0.3, -0.25) is 16.3 Å². The van der Waals surface area contributed by atoms with Gasteiger partial charge in [-0.1, -0.05) is 0 Å². The van der Waals surface area contributed by atoms with E-state index < -0.39 is 0 Å². The molecule has 1 atom stereocenters. The van der Waals surface area contributed by atoms with Crippen molar-refractivity contribution >= 4 is 0 Å². The number of hydrazine groups is 1. The normalized spacial score (nSPS) is 19.6. The van der Waals surface area contributed by atoms with Gasteiger partial charge in [0, 0.05) is 19.4 Å². The lowest BCUT2D eigenvalue weighted by Crippen LogP contribution is -2.37. The number of rotatable bonds is 3. The van der Waals surface area contributed by atoms with Gasteiger partial charge in [-0.15, -0.1) is 0 Å². The molecule has 0 amide bonds. The molecule has 1 aromatic rings. The molecule has 0 bridgehead atoms. The Morgan fingerprint density at radius 2 is 2.25 bits per heavy atom. The Kier molecular flexibility index (Phi) is 3.82. The smallest absolute Gasteiger partial charge is 0.146 e. The lowest BCUT2D eigenvalue weighted by molar-refractivity contribution is 0.0525. The second kappa shape index (κ2) is 5.34. The molecule has 4 nitrogen and oxygen atoms in total. The molecule has 88 valence electrons. The number of nitrogens with zero attached hydrogens (tertiary/aromatic N) is 1. The summed E-state index contributed by atoms with van der Waals surface area (Å²) in [5.41, 5.74) is 3.07. The van der Waals surface area contributed by atoms with Crippen molar-refractivity contribution in [1.82, 2.24) is 10.4 Å². The predicted octanol–water partition coefficient (Wildman–Crippen LogP) is 1.15. The summed E-state index contributed by atoms with van der Waals surface area (Å²) in [6.07, 6.45) is 3.35. The zero-order valence-electron chi connectivity index (χ0n) is 9.03. The minimum atomic E-state index is -0.308. The first-order valence-corrected chi connectivity index (χ1v) is 5.47. The van der Waals surface area contributed by atoms with Gasteiger partial charge in [-0.05, 0) is 30.9 Å². The maximum absolute atomic E-state index is 13.6. The summed E-state index contributed by atoms with van der Waals surface area (Å²) in [6, 6.07) is 2.76. The Morgan fingerprint density at radius 1 is 1.50 bits per heavy atom. The molecular weight excluding hydrogens is 209 g/mol. The van der Waals surface area contributed by atoms with Crippen molar-refractivity contribution in [2.24, 2.45) is 11.8 Å². The number of aromatic nitrogens is 1. The second-order valence-corrected chi connectivity index (χ2v) is 3.96. The average Bonchev–Trinajstić information content (AvgIpc) is 2.34. The molecular formula is C11H16FN3O. The topological polar surface area (TPSA) is 60.2 Å². The quantitative estimate of drug-likeness (QED) is 0.598. The van der Waals surface area contributed by atoms with Gasteiger partial charge in [-0.2, -0.15) is 0 Å². The van der Waals surface area contributed by atoms with Crippen molar-refractivity contribution in [1.29, 1.82) is 0 Å². The van der Waals surface area contributed by atoms with Crippen LogP contribution < -0.4 is 11.3 Å². The highest BCUT2D eigenvalue weighted by Crippen LogP contribution is 2.29. The maximum atomic E-state index is 13.6. The zero-order valence-corrected chi connectivity index (χ0v) is 9.03. The average molecular weight is 225 g/mol. The van der Waals surface area contributed by atoms with E-state index in [0.29, 0.717) is 18.9 Å². The van der Waals surface area contributed by atoms with E-state index >= 15 is 0 Å². The first-order valence-electron chi connectivity index (χ1n) is 5.47. The van der Waals surface area contributed by atoms with Crippen LogP contribution in [0.25, 0.3) is 0 Å². The van der Waals surface area contributed by atoms with E-state index in [1.54, 1.807) is 12.3 Å². The molecule has 5 heteroatoms. The van der Waals surface area contributed by atoms with Crippen molar-refractivity contribution in [3.8, 4) is 0 Å². The first-order chi connectivity index (χ1) is 7.83. The molecule has 1 saturated heterocycles. The van der Waals surface area contributed by atoms with E-state index in [9.17, 15) is 4.39 Å². The monoisotopic (exact) mass is 225 g/mol. The molecule has 1 unspecified atom stereocenters. The number of hydrogen-bond acceptors (Lipinski definition) is 4. The van der Waals surface area contributed by atoms with Crippen molar-refractivity contribution in [3.05, 3.63) is 29.8 Å². The van der Waals surface area contributed by atoms with Crippen LogP contribution in [0.15, 0.2) is 18.3 Å². The predicted molar refractivity (Wildman–Crippen MR) is 57.8 cm³/mol. The molecule has 1 aromatic heterocycles. The minimum absolute atomic E-state index is 0.231. The molecule has 1 aliphatic rings. The van der Waals surface area contributed by atoms with Gasteiger partial charge >= 0.3 is 0 Å². The van der Waals surface area contributed by atoms with Crippen LogP contribution in [0.4, 0.5) is 4.39 Å². The fourth-order valence-electron chi connectivity index (χ4n) is 2.11. The summed E-state index contributed by atoms with van der Waals surface area (Å²) in [7, 11) is 0. The largest absolute Gasteiger partial charge is 0.381 e. The molecule has 0 aromatic carbocycles. The molecule has 0 aliphatic carbocycles. The fraction of sp³-hybridized carbons (Fsp3) is 0.545. The lowest BCUT2D eigenvalue weighted by atomic mass is 9.89. The van der Waals surface area contributed by atoms with E-state index in [2.05, 4.69) is 10.4 Å². The Bertz CT molecular complexity index is 342. The molecule has 0 saturated carbocycles. The van der Waals surface area contributed by atoms with E-state index in [1.165, 1.54) is 6.07 Å². The van der Waals surface area contributed by atoms with E-state index in [4.69, 9.17) is 10.6 Å². The molecule has 1 fully saturated rings. The van der Waals surface area contributed by atoms with Crippen LogP contribution in [-0.4, -0.2) is 18.2 Å². The van der Waals surface area contributed by atoms with Crippen LogP contribution in [0.5, 0.6) is 0 Å². The maximum Gasteiger partial charge on any atom is 0.146 e. The second-order valence-electron chi connectivity index (χ2n) is 3.96. The minimum Gasteiger partial charge on any atom is -0.381 e. The number of ether oxygens (including phenoxy) is 1. The Balaban J connectivity index is 2.18. The summed E-state index contributed by atoms with van der Waals surface area (Å²) < 4.78 is 18.9. The van der Waals surface area contributed by atoms with Crippen LogP contribution in [0.3, 0.4) is 0 Å². The van der Waals surface area contributed by atoms with Gasteiger partial charge in [0.05, 0.1) is 11.7 Å². The molecule has 3 N–H and O–H groups in total. The van der Waals surface area contributed by atoms with Crippen molar-refractivity contribution in [3.63, 3.8) is 0 Å². The van der Waals surface area contributed by atoms with Crippen molar-refractivity contribution in [2.75, 3.05) is 13.2 Å². The third-order valence-corrected chi connectivity index (χ3v) is 3.00. The number of hydrogen-bond donors (Lipinski definition) is 2. The first kappa shape index (κ1) is 11.4. The molecule has 16 heavy (non-hydrogen) atoms. The van der Waals surface area contributed by atoms with Crippen LogP contribution in [0.1, 0.15) is 24.6 Å². The van der Waals surface area contributed by atoms with E-state index in [0.717, 1.165) is 12.8 Å². The van der Waals surface area contributed by atoms with Crippen LogP contribution in [0.2, 0.25) is 0 Å². The summed E-state index contributed by atoms with van der Waals surface area (Å²) in [5, 5.41) is 0. The van der Waals surface area contributed by atoms with Gasteiger partial charge in [-0.25, -0.2) is 4.39 Å². The zero-order chi connectivity index (χ0) is 11.4. The Labute approximate surface area is 94.0 Å². The van der Waals surface area contributed by atoms with Gasteiger partial charge < -0.3 is 4.74 Å². The van der Waals surface area contributed by atoms with Gasteiger partial charge in [0.15, 0.2) is 0 Å². The summed E-state index contributed by atoms with van der Waals surface area (Å²) in [6.45, 7) is 1.41. The molecule has 2 rings (SSSR count). The highest BCUT2D eigenvalue weighted by atomic mass is 19.1. The number of nitrogens with two attached hydrogens (primary N) is 1. The third-order valence-electron chi connectivity index (χ3n) is 3.00. The highest BCUT2D eigenvalue weighted by Gasteiger charge is 2.27. The Morgan fingerprint density at radius 3 is 2.88 bits per heavy atom. The molecule has 1 aliphatic heterocycles. The van der Waals surface area contributed by atoms with Gasteiger partial charge in [0.1, 0.15) is 5.82 Å². The summed E-state index contributed by atoms with van der Waals surface area (Å²) in [4.78, 5) is 4.07. The van der Waals surface area contributed by atoms with Crippen molar-refractivity contribution in [2.45, 2.75) is 18.9 Å². The summed E-state index contributed by atoms with van der Waals surface area (Å²) in [5.74, 6) is 5.48. The van der Waals surface area contributed by atoms with Crippen LogP contribution >= 0.6 is 0 Å². The molecule has 0 spiro atoms. The van der Waals surface area contributed by atoms with E-state index in [1.807, 2.05) is 0 Å². The molecule has 0 radical (unpaired) electrons.